The summed E-state index contributed by atoms with van der Waals surface area (Å²) in [6.07, 6.45) is -15.6. The molecule has 2 heterocycles. The van der Waals surface area contributed by atoms with Gasteiger partial charge < -0.3 is 69.5 Å². The molecule has 10 atom stereocenters. The van der Waals surface area contributed by atoms with Crippen LogP contribution in [0.4, 0.5) is 0 Å². The number of esters is 1. The van der Waals surface area contributed by atoms with E-state index >= 15 is 0 Å². The zero-order chi connectivity index (χ0) is 38.8. The molecular weight excluding hydrogens is 729 g/mol. The Morgan fingerprint density at radius 2 is 1.33 bits per heavy atom. The highest BCUT2D eigenvalue weighted by molar-refractivity contribution is 7.80. The first kappa shape index (κ1) is 41.7. The van der Waals surface area contributed by atoms with Crippen LogP contribution >= 0.6 is 7.92 Å². The van der Waals surface area contributed by atoms with Crippen LogP contribution in [0.5, 0.6) is 0 Å². The lowest BCUT2D eigenvalue weighted by Gasteiger charge is -2.45. The van der Waals surface area contributed by atoms with Crippen molar-refractivity contribution in [2.45, 2.75) is 61.4 Å². The smallest absolute Gasteiger partial charge is 0.338 e. The minimum Gasteiger partial charge on any atom is -0.465 e. The van der Waals surface area contributed by atoms with Gasteiger partial charge in [-0.25, -0.2) is 4.79 Å². The van der Waals surface area contributed by atoms with Crippen molar-refractivity contribution in [3.63, 3.8) is 0 Å². The van der Waals surface area contributed by atoms with E-state index in [2.05, 4.69) is 5.32 Å². The lowest BCUT2D eigenvalue weighted by atomic mass is 9.97. The largest absolute Gasteiger partial charge is 0.465 e. The molecule has 0 spiro atoms. The number of carbonyl (C=O) groups is 2. The third-order valence-corrected chi connectivity index (χ3v) is 11.4. The van der Waals surface area contributed by atoms with Crippen LogP contribution in [0, 0.1) is 0 Å². The average Bonchev–Trinajstić information content (AvgIpc) is 3.20. The molecule has 8 N–H and O–H groups in total. The SMILES string of the molecule is COC(=O)c1ccc(C(=O)NCCOCCO[C@@H]2O[C@H](CO)[C@@H](O[C@@H]3O[C@H](CO)[C@H](O)[C@H](O)[C@H]3O)[C@H](O)[C@H]2O)cc1P(c1ccccc1)c1ccccc1. The minimum absolute atomic E-state index is 0.00353. The summed E-state index contributed by atoms with van der Waals surface area (Å²) in [6.45, 7) is -1.29. The Morgan fingerprint density at radius 3 is 1.94 bits per heavy atom. The number of carbonyl (C=O) groups excluding carboxylic acids is 2. The van der Waals surface area contributed by atoms with Crippen molar-refractivity contribution in [1.29, 1.82) is 0 Å². The van der Waals surface area contributed by atoms with Gasteiger partial charge in [-0.2, -0.15) is 0 Å². The van der Waals surface area contributed by atoms with Gasteiger partial charge in [0.05, 0.1) is 45.7 Å². The molecule has 17 heteroatoms. The highest BCUT2D eigenvalue weighted by Gasteiger charge is 2.50. The van der Waals surface area contributed by atoms with E-state index in [-0.39, 0.29) is 32.3 Å². The molecule has 5 rings (SSSR count). The van der Waals surface area contributed by atoms with Gasteiger partial charge >= 0.3 is 5.97 Å². The summed E-state index contributed by atoms with van der Waals surface area (Å²) >= 11 is 0. The van der Waals surface area contributed by atoms with Crippen molar-refractivity contribution < 1.29 is 73.8 Å². The zero-order valence-corrected chi connectivity index (χ0v) is 30.3. The molecule has 2 fully saturated rings. The van der Waals surface area contributed by atoms with Gasteiger partial charge in [0.15, 0.2) is 12.6 Å². The second-order valence-electron chi connectivity index (χ2n) is 12.5. The lowest BCUT2D eigenvalue weighted by Crippen LogP contribution is -2.64. The molecule has 294 valence electrons. The fraction of sp³-hybridized carbons (Fsp3) is 0.459. The fourth-order valence-electron chi connectivity index (χ4n) is 6.08. The molecule has 0 aliphatic carbocycles. The topological polar surface area (TPSA) is 243 Å². The number of hydrogen-bond donors (Lipinski definition) is 8. The van der Waals surface area contributed by atoms with E-state index < -0.39 is 88.5 Å². The van der Waals surface area contributed by atoms with E-state index in [9.17, 15) is 45.3 Å². The van der Waals surface area contributed by atoms with Gasteiger partial charge in [0, 0.05) is 17.4 Å². The quantitative estimate of drug-likeness (QED) is 0.0431. The van der Waals surface area contributed by atoms with E-state index in [4.69, 9.17) is 28.4 Å². The molecule has 54 heavy (non-hydrogen) atoms. The van der Waals surface area contributed by atoms with Crippen LogP contribution < -0.4 is 21.2 Å². The van der Waals surface area contributed by atoms with Crippen LogP contribution in [-0.2, 0) is 28.4 Å². The van der Waals surface area contributed by atoms with Crippen molar-refractivity contribution in [2.75, 3.05) is 46.7 Å². The molecular formula is C37H46NO15P. The van der Waals surface area contributed by atoms with Crippen LogP contribution in [0.15, 0.2) is 78.9 Å². The first-order valence-corrected chi connectivity index (χ1v) is 18.6. The van der Waals surface area contributed by atoms with Crippen molar-refractivity contribution in [3.8, 4) is 0 Å². The maximum atomic E-state index is 13.2. The van der Waals surface area contributed by atoms with Crippen molar-refractivity contribution in [3.05, 3.63) is 90.0 Å². The number of amides is 1. The molecule has 0 bridgehead atoms. The second-order valence-corrected chi connectivity index (χ2v) is 14.7. The van der Waals surface area contributed by atoms with Crippen molar-refractivity contribution in [2.24, 2.45) is 0 Å². The Balaban J connectivity index is 1.12. The van der Waals surface area contributed by atoms with E-state index in [1.54, 1.807) is 18.2 Å². The molecule has 0 unspecified atom stereocenters. The first-order chi connectivity index (χ1) is 26.1. The second kappa shape index (κ2) is 19.9. The Kier molecular flexibility index (Phi) is 15.4. The summed E-state index contributed by atoms with van der Waals surface area (Å²) in [5.41, 5.74) is 0.701. The summed E-state index contributed by atoms with van der Waals surface area (Å²) in [6, 6.07) is 24.3. The summed E-state index contributed by atoms with van der Waals surface area (Å²) in [7, 11) is 0.0871. The predicted octanol–water partition coefficient (Wildman–Crippen LogP) is -2.38. The first-order valence-electron chi connectivity index (χ1n) is 17.3. The molecule has 0 saturated carbocycles. The van der Waals surface area contributed by atoms with Crippen molar-refractivity contribution >= 4 is 35.7 Å². The summed E-state index contributed by atoms with van der Waals surface area (Å²) in [5, 5.41) is 76.5. The number of hydrogen-bond acceptors (Lipinski definition) is 15. The van der Waals surface area contributed by atoms with Gasteiger partial charge in [-0.15, -0.1) is 0 Å². The Hall–Kier alpha value is -3.45. The molecule has 3 aromatic carbocycles. The minimum atomic E-state index is -1.78. The molecule has 2 aliphatic heterocycles. The van der Waals surface area contributed by atoms with E-state index in [0.29, 0.717) is 16.4 Å². The Labute approximate surface area is 312 Å². The highest BCUT2D eigenvalue weighted by Crippen LogP contribution is 2.35. The number of aliphatic hydroxyl groups excluding tert-OH is 7. The predicted molar refractivity (Wildman–Crippen MR) is 192 cm³/mol. The number of ether oxygens (including phenoxy) is 6. The molecule has 3 aromatic rings. The maximum Gasteiger partial charge on any atom is 0.338 e. The summed E-state index contributed by atoms with van der Waals surface area (Å²) in [4.78, 5) is 26.1. The van der Waals surface area contributed by atoms with Crippen LogP contribution in [0.1, 0.15) is 20.7 Å². The van der Waals surface area contributed by atoms with E-state index in [0.717, 1.165) is 10.6 Å². The van der Waals surface area contributed by atoms with Gasteiger partial charge in [-0.1, -0.05) is 60.7 Å². The highest BCUT2D eigenvalue weighted by atomic mass is 31.1. The molecule has 2 saturated heterocycles. The lowest BCUT2D eigenvalue weighted by molar-refractivity contribution is -0.359. The molecule has 1 amide bonds. The number of aliphatic hydroxyl groups is 7. The molecule has 16 nitrogen and oxygen atoms in total. The van der Waals surface area contributed by atoms with Crippen LogP contribution in [0.25, 0.3) is 0 Å². The van der Waals surface area contributed by atoms with Gasteiger partial charge in [0.25, 0.3) is 5.91 Å². The van der Waals surface area contributed by atoms with E-state index in [1.165, 1.54) is 7.11 Å². The van der Waals surface area contributed by atoms with E-state index in [1.807, 2.05) is 60.7 Å². The van der Waals surface area contributed by atoms with Crippen LogP contribution in [0.2, 0.25) is 0 Å². The zero-order valence-electron chi connectivity index (χ0n) is 29.4. The summed E-state index contributed by atoms with van der Waals surface area (Å²) in [5.74, 6) is -0.896. The average molecular weight is 776 g/mol. The number of rotatable bonds is 16. The standard InChI is InChI=1S/C37H46NO15P/c1-48-35(47)24-13-12-21(18-27(24)54(22-8-4-2-5-9-22)23-10-6-3-7-11-23)34(46)38-14-15-49-16-17-50-36-32(45)30(43)33(26(20-40)52-36)53-37-31(44)29(42)28(41)25(19-39)51-37/h2-13,18,25-26,28-33,36-37,39-45H,14-17,19-20H2,1H3,(H,38,46)/t25-,26-,28+,29+,30-,31-,32-,33-,36-,37+/m1/s1. The molecule has 2 aliphatic rings. The third kappa shape index (κ3) is 9.85. The maximum absolute atomic E-state index is 13.2. The number of methoxy groups -OCH3 is 1. The number of nitrogens with one attached hydrogen (secondary N) is 1. The number of benzene rings is 3. The Morgan fingerprint density at radius 1 is 0.722 bits per heavy atom. The van der Waals surface area contributed by atoms with Gasteiger partial charge in [0.1, 0.15) is 48.8 Å². The van der Waals surface area contributed by atoms with Gasteiger partial charge in [0.2, 0.25) is 0 Å². The van der Waals surface area contributed by atoms with Gasteiger partial charge in [-0.3, -0.25) is 4.79 Å². The monoisotopic (exact) mass is 775 g/mol. The van der Waals surface area contributed by atoms with Crippen molar-refractivity contribution in [1.82, 2.24) is 5.32 Å². The third-order valence-electron chi connectivity index (χ3n) is 8.94. The molecule has 0 radical (unpaired) electrons. The Bertz CT molecular complexity index is 1590. The fourth-order valence-corrected chi connectivity index (χ4v) is 8.55. The molecule has 0 aromatic heterocycles. The van der Waals surface area contributed by atoms with Crippen LogP contribution in [0.3, 0.4) is 0 Å². The van der Waals surface area contributed by atoms with Crippen LogP contribution in [-0.4, -0.2) is 156 Å². The summed E-state index contributed by atoms with van der Waals surface area (Å²) < 4.78 is 32.6. The van der Waals surface area contributed by atoms with Gasteiger partial charge in [-0.05, 0) is 36.7 Å². The normalized spacial score (nSPS) is 28.5.